The van der Waals surface area contributed by atoms with Gasteiger partial charge < -0.3 is 4.74 Å². The molecular weight excluding hydrogens is 328 g/mol. The van der Waals surface area contributed by atoms with E-state index in [2.05, 4.69) is 22.4 Å². The molecule has 1 aliphatic rings. The summed E-state index contributed by atoms with van der Waals surface area (Å²) in [6, 6.07) is 12.1. The van der Waals surface area contributed by atoms with Gasteiger partial charge in [0.1, 0.15) is 5.75 Å². The van der Waals surface area contributed by atoms with Crippen molar-refractivity contribution in [3.8, 4) is 5.75 Å². The smallest absolute Gasteiger partial charge is 0.230 e. The molecule has 1 aromatic carbocycles. The van der Waals surface area contributed by atoms with E-state index in [1.165, 1.54) is 5.56 Å². The maximum atomic E-state index is 11.8. The average molecular weight is 352 g/mol. The van der Waals surface area contributed by atoms with Crippen molar-refractivity contribution in [1.82, 2.24) is 10.3 Å². The summed E-state index contributed by atoms with van der Waals surface area (Å²) in [4.78, 5) is 27.6. The van der Waals surface area contributed by atoms with Gasteiger partial charge in [0.15, 0.2) is 0 Å². The van der Waals surface area contributed by atoms with Gasteiger partial charge in [-0.1, -0.05) is 31.2 Å². The fourth-order valence-electron chi connectivity index (χ4n) is 3.36. The number of hydrogen-bond acceptors (Lipinski definition) is 4. The lowest BCUT2D eigenvalue weighted by Crippen LogP contribution is -2.24. The van der Waals surface area contributed by atoms with Gasteiger partial charge in [-0.2, -0.15) is 0 Å². The van der Waals surface area contributed by atoms with Gasteiger partial charge in [0.05, 0.1) is 12.5 Å². The van der Waals surface area contributed by atoms with Crippen LogP contribution >= 0.6 is 0 Å². The van der Waals surface area contributed by atoms with Crippen molar-refractivity contribution in [2.75, 3.05) is 6.61 Å². The van der Waals surface area contributed by atoms with Crippen LogP contribution in [0.4, 0.5) is 0 Å². The topological polar surface area (TPSA) is 68.3 Å². The minimum atomic E-state index is -0.269. The fourth-order valence-corrected chi connectivity index (χ4v) is 3.36. The molecule has 0 unspecified atom stereocenters. The maximum Gasteiger partial charge on any atom is 0.230 e. The summed E-state index contributed by atoms with van der Waals surface area (Å²) in [7, 11) is 0. The minimum Gasteiger partial charge on any atom is -0.493 e. The Hall–Kier alpha value is -2.69. The Labute approximate surface area is 153 Å². The van der Waals surface area contributed by atoms with Crippen molar-refractivity contribution in [2.45, 2.75) is 39.5 Å². The number of nitrogens with zero attached hydrogens (tertiary/aromatic N) is 1. The Bertz CT molecular complexity index is 794. The molecule has 2 aromatic rings. The fraction of sp³-hybridized carbons (Fsp3) is 0.381. The second kappa shape index (κ2) is 7.68. The summed E-state index contributed by atoms with van der Waals surface area (Å²) in [6.07, 6.45) is 1.08. The summed E-state index contributed by atoms with van der Waals surface area (Å²) in [6.45, 7) is 6.50. The number of nitrogens with one attached hydrogen (secondary N) is 1. The van der Waals surface area contributed by atoms with Gasteiger partial charge in [-0.15, -0.1) is 0 Å². The number of benzene rings is 1. The number of rotatable bonds is 6. The molecule has 1 saturated heterocycles. The van der Waals surface area contributed by atoms with Gasteiger partial charge in [0, 0.05) is 36.4 Å². The first-order valence-corrected chi connectivity index (χ1v) is 8.93. The molecule has 0 aliphatic carbocycles. The third kappa shape index (κ3) is 4.28. The molecule has 1 fully saturated rings. The molecule has 0 saturated carbocycles. The number of pyridine rings is 1. The lowest BCUT2D eigenvalue weighted by atomic mass is 9.86. The minimum absolute atomic E-state index is 0.0227. The highest BCUT2D eigenvalue weighted by Crippen LogP contribution is 2.30. The van der Waals surface area contributed by atoms with Crippen molar-refractivity contribution in [3.05, 3.63) is 58.9 Å². The molecule has 2 atom stereocenters. The molecule has 3 rings (SSSR count). The molecule has 26 heavy (non-hydrogen) atoms. The molecule has 0 bridgehead atoms. The molecule has 0 radical (unpaired) electrons. The maximum absolute atomic E-state index is 11.8. The summed E-state index contributed by atoms with van der Waals surface area (Å²) in [5.41, 5.74) is 4.15. The molecule has 5 heteroatoms. The Morgan fingerprint density at radius 2 is 1.81 bits per heavy atom. The largest absolute Gasteiger partial charge is 0.493 e. The first kappa shape index (κ1) is 18.1. The van der Waals surface area contributed by atoms with E-state index in [0.29, 0.717) is 6.61 Å². The van der Waals surface area contributed by atoms with Crippen LogP contribution in [0, 0.1) is 19.8 Å². The van der Waals surface area contributed by atoms with E-state index in [1.807, 2.05) is 45.0 Å². The zero-order valence-corrected chi connectivity index (χ0v) is 15.4. The first-order chi connectivity index (χ1) is 12.4. The summed E-state index contributed by atoms with van der Waals surface area (Å²) in [5.74, 6) is 0.256. The van der Waals surface area contributed by atoms with Crippen LogP contribution in [0.1, 0.15) is 41.8 Å². The van der Waals surface area contributed by atoms with Crippen LogP contribution < -0.4 is 10.1 Å². The number of carbonyl (C=O) groups excluding carboxylic acids is 2. The number of hydrogen-bond donors (Lipinski definition) is 1. The standard InChI is InChI=1S/C21H24N2O3/c1-13-10-18(11-14(2)22-13)26-9-8-16-4-6-17(7-5-16)15(3)19-12-20(24)23-21(19)25/h4-7,10-11,15,19H,8-9,12H2,1-3H3,(H,23,24,25)/t15-,19+/m1/s1. The second-order valence-electron chi connectivity index (χ2n) is 6.94. The molecular formula is C21H24N2O3. The molecule has 1 aromatic heterocycles. The molecule has 1 N–H and O–H groups in total. The molecule has 2 heterocycles. The predicted molar refractivity (Wildman–Crippen MR) is 99.0 cm³/mol. The number of aryl methyl sites for hydroxylation is 2. The lowest BCUT2D eigenvalue weighted by Gasteiger charge is -2.17. The molecule has 2 amide bonds. The van der Waals surface area contributed by atoms with Crippen LogP contribution in [0.15, 0.2) is 36.4 Å². The van der Waals surface area contributed by atoms with Gasteiger partial charge in [-0.25, -0.2) is 0 Å². The zero-order chi connectivity index (χ0) is 18.7. The van der Waals surface area contributed by atoms with Gasteiger partial charge in [-0.05, 0) is 30.9 Å². The number of aromatic nitrogens is 1. The second-order valence-corrected chi connectivity index (χ2v) is 6.94. The number of imide groups is 1. The molecule has 5 nitrogen and oxygen atoms in total. The van der Waals surface area contributed by atoms with E-state index in [-0.39, 0.29) is 30.1 Å². The predicted octanol–water partition coefficient (Wildman–Crippen LogP) is 3.09. The molecule has 136 valence electrons. The van der Waals surface area contributed by atoms with Crippen LogP contribution in [0.5, 0.6) is 5.75 Å². The van der Waals surface area contributed by atoms with Gasteiger partial charge in [0.25, 0.3) is 0 Å². The zero-order valence-electron chi connectivity index (χ0n) is 15.4. The van der Waals surface area contributed by atoms with E-state index < -0.39 is 0 Å². The third-order valence-electron chi connectivity index (χ3n) is 4.83. The van der Waals surface area contributed by atoms with Crippen LogP contribution in [-0.4, -0.2) is 23.4 Å². The lowest BCUT2D eigenvalue weighted by molar-refractivity contribution is -0.126. The number of amides is 2. The third-order valence-corrected chi connectivity index (χ3v) is 4.83. The van der Waals surface area contributed by atoms with Gasteiger partial charge in [-0.3, -0.25) is 19.9 Å². The first-order valence-electron chi connectivity index (χ1n) is 8.93. The summed E-state index contributed by atoms with van der Waals surface area (Å²) in [5, 5.41) is 2.38. The number of ether oxygens (including phenoxy) is 1. The summed E-state index contributed by atoms with van der Waals surface area (Å²) >= 11 is 0. The highest BCUT2D eigenvalue weighted by atomic mass is 16.5. The van der Waals surface area contributed by atoms with Crippen LogP contribution in [-0.2, 0) is 16.0 Å². The number of carbonyl (C=O) groups is 2. The van der Waals surface area contributed by atoms with Crippen LogP contribution in [0.3, 0.4) is 0 Å². The van der Waals surface area contributed by atoms with E-state index >= 15 is 0 Å². The normalized spacial score (nSPS) is 17.9. The molecule has 0 spiro atoms. The van der Waals surface area contributed by atoms with Crippen LogP contribution in [0.25, 0.3) is 0 Å². The van der Waals surface area contributed by atoms with E-state index in [0.717, 1.165) is 29.1 Å². The van der Waals surface area contributed by atoms with Crippen molar-refractivity contribution >= 4 is 11.8 Å². The Morgan fingerprint density at radius 3 is 2.38 bits per heavy atom. The van der Waals surface area contributed by atoms with E-state index in [9.17, 15) is 9.59 Å². The highest BCUT2D eigenvalue weighted by molar-refractivity contribution is 6.03. The summed E-state index contributed by atoms with van der Waals surface area (Å²) < 4.78 is 5.83. The quantitative estimate of drug-likeness (QED) is 0.811. The molecule has 1 aliphatic heterocycles. The van der Waals surface area contributed by atoms with Gasteiger partial charge in [0.2, 0.25) is 11.8 Å². The van der Waals surface area contributed by atoms with Crippen molar-refractivity contribution < 1.29 is 14.3 Å². The van der Waals surface area contributed by atoms with Crippen molar-refractivity contribution in [2.24, 2.45) is 5.92 Å². The Morgan fingerprint density at radius 1 is 1.15 bits per heavy atom. The monoisotopic (exact) mass is 352 g/mol. The Kier molecular flexibility index (Phi) is 5.35. The average Bonchev–Trinajstić information content (AvgIpc) is 2.92. The van der Waals surface area contributed by atoms with Crippen molar-refractivity contribution in [1.29, 1.82) is 0 Å². The van der Waals surface area contributed by atoms with E-state index in [1.54, 1.807) is 0 Å². The van der Waals surface area contributed by atoms with Crippen molar-refractivity contribution in [3.63, 3.8) is 0 Å². The van der Waals surface area contributed by atoms with Crippen LogP contribution in [0.2, 0.25) is 0 Å². The van der Waals surface area contributed by atoms with E-state index in [4.69, 9.17) is 4.74 Å². The SMILES string of the molecule is Cc1cc(OCCc2ccc([C@@H](C)[C@@H]3CC(=O)NC3=O)cc2)cc(C)n1. The van der Waals surface area contributed by atoms with Gasteiger partial charge >= 0.3 is 0 Å². The highest BCUT2D eigenvalue weighted by Gasteiger charge is 2.35. The Balaban J connectivity index is 1.56.